The monoisotopic (exact) mass is 468 g/mol. The fraction of sp³-hybridized carbons (Fsp3) is 0.250. The number of nitrogens with zero attached hydrogens (tertiary/aromatic N) is 3. The van der Waals surface area contributed by atoms with Crippen LogP contribution >= 0.6 is 11.5 Å². The summed E-state index contributed by atoms with van der Waals surface area (Å²) in [6.45, 7) is 1.58. The van der Waals surface area contributed by atoms with Crippen molar-refractivity contribution in [2.24, 2.45) is 5.92 Å². The van der Waals surface area contributed by atoms with Gasteiger partial charge in [-0.3, -0.25) is 4.79 Å². The van der Waals surface area contributed by atoms with Crippen molar-refractivity contribution in [2.75, 3.05) is 18.0 Å². The van der Waals surface area contributed by atoms with Gasteiger partial charge < -0.3 is 10.2 Å². The molecule has 1 atom stereocenters. The van der Waals surface area contributed by atoms with Crippen molar-refractivity contribution in [1.82, 2.24) is 14.7 Å². The van der Waals surface area contributed by atoms with E-state index in [1.54, 1.807) is 0 Å². The Morgan fingerprint density at radius 2 is 1.56 bits per heavy atom. The van der Waals surface area contributed by atoms with E-state index in [4.69, 9.17) is 4.98 Å². The van der Waals surface area contributed by atoms with Crippen molar-refractivity contribution in [3.05, 3.63) is 114 Å². The van der Waals surface area contributed by atoms with Gasteiger partial charge in [-0.2, -0.15) is 4.37 Å². The molecular weight excluding hydrogens is 440 g/mol. The van der Waals surface area contributed by atoms with E-state index in [1.807, 2.05) is 54.6 Å². The smallest absolute Gasteiger partial charge is 0.225 e. The molecule has 5 rings (SSSR count). The van der Waals surface area contributed by atoms with Crippen LogP contribution in [0.25, 0.3) is 0 Å². The molecule has 3 aromatic carbocycles. The van der Waals surface area contributed by atoms with Gasteiger partial charge in [0.2, 0.25) is 11.0 Å². The molecule has 0 saturated carbocycles. The molecule has 1 fully saturated rings. The van der Waals surface area contributed by atoms with Gasteiger partial charge in [-0.05, 0) is 29.5 Å². The average Bonchev–Trinajstić information content (AvgIpc) is 3.37. The standard InChI is InChI=1S/C28H28N4OS/c33-27(30-26(22-13-6-2-7-14-22)23-15-8-3-9-16-23)24-17-10-18-32(20-24)28-29-25(31-34-28)19-21-11-4-1-5-12-21/h1-9,11-16,24,26H,10,17-20H2,(H,30,33). The lowest BCUT2D eigenvalue weighted by Gasteiger charge is -2.32. The molecule has 1 saturated heterocycles. The molecule has 1 N–H and O–H groups in total. The fourth-order valence-electron chi connectivity index (χ4n) is 4.50. The molecule has 0 bridgehead atoms. The Morgan fingerprint density at radius 3 is 2.21 bits per heavy atom. The minimum Gasteiger partial charge on any atom is -0.346 e. The molecule has 172 valence electrons. The summed E-state index contributed by atoms with van der Waals surface area (Å²) in [4.78, 5) is 20.4. The highest BCUT2D eigenvalue weighted by atomic mass is 32.1. The van der Waals surface area contributed by atoms with E-state index in [-0.39, 0.29) is 17.9 Å². The summed E-state index contributed by atoms with van der Waals surface area (Å²) in [5.74, 6) is 0.854. The molecule has 0 radical (unpaired) electrons. The Bertz CT molecular complexity index is 1160. The van der Waals surface area contributed by atoms with Gasteiger partial charge in [-0.1, -0.05) is 91.0 Å². The molecule has 6 heteroatoms. The highest BCUT2D eigenvalue weighted by Crippen LogP contribution is 2.27. The van der Waals surface area contributed by atoms with E-state index in [2.05, 4.69) is 51.0 Å². The third-order valence-electron chi connectivity index (χ3n) is 6.28. The van der Waals surface area contributed by atoms with Crippen molar-refractivity contribution in [1.29, 1.82) is 0 Å². The minimum absolute atomic E-state index is 0.0786. The van der Waals surface area contributed by atoms with Gasteiger partial charge in [0, 0.05) is 31.0 Å². The molecule has 4 aromatic rings. The Balaban J connectivity index is 1.27. The van der Waals surface area contributed by atoms with Crippen molar-refractivity contribution in [3.8, 4) is 0 Å². The SMILES string of the molecule is O=C(NC(c1ccccc1)c1ccccc1)C1CCCN(c2nc(Cc3ccccc3)ns2)C1. The van der Waals surface area contributed by atoms with E-state index in [0.29, 0.717) is 6.54 Å². The first kappa shape index (κ1) is 22.3. The zero-order chi connectivity index (χ0) is 23.2. The normalized spacial score (nSPS) is 15.9. The summed E-state index contributed by atoms with van der Waals surface area (Å²) in [6, 6.07) is 30.5. The quantitative estimate of drug-likeness (QED) is 0.402. The maximum absolute atomic E-state index is 13.4. The molecule has 2 heterocycles. The van der Waals surface area contributed by atoms with Gasteiger partial charge in [-0.25, -0.2) is 4.98 Å². The van der Waals surface area contributed by atoms with E-state index in [1.165, 1.54) is 17.1 Å². The number of nitrogens with one attached hydrogen (secondary N) is 1. The zero-order valence-electron chi connectivity index (χ0n) is 19.0. The van der Waals surface area contributed by atoms with Crippen LogP contribution in [0.1, 0.15) is 41.4 Å². The summed E-state index contributed by atoms with van der Waals surface area (Å²) in [6.07, 6.45) is 2.58. The number of aromatic nitrogens is 2. The molecule has 5 nitrogen and oxygen atoms in total. The highest BCUT2D eigenvalue weighted by molar-refractivity contribution is 7.09. The average molecular weight is 469 g/mol. The largest absolute Gasteiger partial charge is 0.346 e. The number of anilines is 1. The Morgan fingerprint density at radius 1 is 0.941 bits per heavy atom. The van der Waals surface area contributed by atoms with Gasteiger partial charge >= 0.3 is 0 Å². The second-order valence-corrected chi connectivity index (χ2v) is 9.43. The fourth-order valence-corrected chi connectivity index (χ4v) is 5.22. The van der Waals surface area contributed by atoms with Crippen LogP contribution in [0.5, 0.6) is 0 Å². The van der Waals surface area contributed by atoms with Crippen molar-refractivity contribution < 1.29 is 4.79 Å². The van der Waals surface area contributed by atoms with Crippen molar-refractivity contribution in [3.63, 3.8) is 0 Å². The lowest BCUT2D eigenvalue weighted by Crippen LogP contribution is -2.44. The first-order chi connectivity index (χ1) is 16.8. The number of carbonyl (C=O) groups is 1. The van der Waals surface area contributed by atoms with Crippen molar-refractivity contribution >= 4 is 22.6 Å². The number of carbonyl (C=O) groups excluding carboxylic acids is 1. The number of rotatable bonds is 7. The maximum atomic E-state index is 13.4. The van der Waals surface area contributed by atoms with Crippen molar-refractivity contribution in [2.45, 2.75) is 25.3 Å². The number of amides is 1. The maximum Gasteiger partial charge on any atom is 0.225 e. The molecule has 34 heavy (non-hydrogen) atoms. The topological polar surface area (TPSA) is 58.1 Å². The summed E-state index contributed by atoms with van der Waals surface area (Å²) in [5, 5.41) is 4.24. The second kappa shape index (κ2) is 10.6. The van der Waals surface area contributed by atoms with E-state index >= 15 is 0 Å². The summed E-state index contributed by atoms with van der Waals surface area (Å²) in [5.41, 5.74) is 3.38. The molecule has 1 aliphatic heterocycles. The van der Waals surface area contributed by atoms with Gasteiger partial charge in [0.25, 0.3) is 0 Å². The lowest BCUT2D eigenvalue weighted by molar-refractivity contribution is -0.125. The van der Waals surface area contributed by atoms with Crippen LogP contribution in [0.2, 0.25) is 0 Å². The third-order valence-corrected chi connectivity index (χ3v) is 7.09. The minimum atomic E-state index is -0.163. The van der Waals surface area contributed by atoms with Gasteiger partial charge in [0.1, 0.15) is 5.82 Å². The van der Waals surface area contributed by atoms with Crippen LogP contribution in [0.4, 0.5) is 5.13 Å². The summed E-state index contributed by atoms with van der Waals surface area (Å²) in [7, 11) is 0. The van der Waals surface area contributed by atoms with Gasteiger partial charge in [-0.15, -0.1) is 0 Å². The highest BCUT2D eigenvalue weighted by Gasteiger charge is 2.29. The van der Waals surface area contributed by atoms with E-state index < -0.39 is 0 Å². The van der Waals surface area contributed by atoms with Gasteiger partial charge in [0.05, 0.1) is 12.0 Å². The Kier molecular flexibility index (Phi) is 6.96. The second-order valence-electron chi connectivity index (χ2n) is 8.70. The van der Waals surface area contributed by atoms with Gasteiger partial charge in [0.15, 0.2) is 0 Å². The van der Waals surface area contributed by atoms with Crippen LogP contribution in [0.15, 0.2) is 91.0 Å². The van der Waals surface area contributed by atoms with Crippen LogP contribution < -0.4 is 10.2 Å². The Labute approximate surface area is 204 Å². The lowest BCUT2D eigenvalue weighted by atomic mass is 9.94. The Hall–Kier alpha value is -3.51. The summed E-state index contributed by atoms with van der Waals surface area (Å²) >= 11 is 1.43. The predicted molar refractivity (Wildman–Crippen MR) is 137 cm³/mol. The summed E-state index contributed by atoms with van der Waals surface area (Å²) < 4.78 is 4.57. The zero-order valence-corrected chi connectivity index (χ0v) is 19.8. The van der Waals surface area contributed by atoms with Crippen LogP contribution in [-0.4, -0.2) is 28.4 Å². The molecular formula is C28H28N4OS. The predicted octanol–water partition coefficient (Wildman–Crippen LogP) is 5.25. The first-order valence-corrected chi connectivity index (χ1v) is 12.6. The van der Waals surface area contributed by atoms with Crippen LogP contribution in [-0.2, 0) is 11.2 Å². The van der Waals surface area contributed by atoms with E-state index in [9.17, 15) is 4.79 Å². The number of hydrogen-bond donors (Lipinski definition) is 1. The molecule has 1 aromatic heterocycles. The van der Waals surface area contributed by atoms with E-state index in [0.717, 1.165) is 47.9 Å². The third kappa shape index (κ3) is 5.34. The molecule has 1 unspecified atom stereocenters. The number of hydrogen-bond acceptors (Lipinski definition) is 5. The molecule has 0 spiro atoms. The van der Waals surface area contributed by atoms with Crippen LogP contribution in [0.3, 0.4) is 0 Å². The van der Waals surface area contributed by atoms with Crippen LogP contribution in [0, 0.1) is 5.92 Å². The number of benzene rings is 3. The molecule has 1 amide bonds. The molecule has 0 aliphatic carbocycles. The molecule has 1 aliphatic rings. The number of piperidine rings is 1. The first-order valence-electron chi connectivity index (χ1n) is 11.8.